The Kier molecular flexibility index (Phi) is 5.85. The van der Waals surface area contributed by atoms with Crippen LogP contribution in [0.1, 0.15) is 26.1 Å². The first-order valence-electron chi connectivity index (χ1n) is 6.32. The summed E-state index contributed by atoms with van der Waals surface area (Å²) in [7, 11) is 3.39. The van der Waals surface area contributed by atoms with Gasteiger partial charge in [-0.25, -0.2) is 4.98 Å². The minimum atomic E-state index is -0.227. The van der Waals surface area contributed by atoms with Crippen LogP contribution in [0.15, 0.2) is 12.4 Å². The summed E-state index contributed by atoms with van der Waals surface area (Å²) in [6.07, 6.45) is 5.28. The highest BCUT2D eigenvalue weighted by atomic mass is 16.5. The molecule has 5 heteroatoms. The lowest BCUT2D eigenvalue weighted by Crippen LogP contribution is -2.39. The highest BCUT2D eigenvalue weighted by molar-refractivity contribution is 5.75. The number of nitrogens with one attached hydrogen (secondary N) is 1. The van der Waals surface area contributed by atoms with E-state index in [-0.39, 0.29) is 12.0 Å². The van der Waals surface area contributed by atoms with Crippen molar-refractivity contribution in [2.75, 3.05) is 13.7 Å². The number of aromatic nitrogens is 2. The standard InChI is InChI=1S/C13H23N3O2/c1-10(2)9-11(13(17)18-4)14-6-5-12-15-7-8-16(12)3/h7-8,10-11,14H,5-6,9H2,1-4H3. The Morgan fingerprint density at radius 1 is 1.56 bits per heavy atom. The largest absolute Gasteiger partial charge is 0.468 e. The number of esters is 1. The zero-order chi connectivity index (χ0) is 13.5. The van der Waals surface area contributed by atoms with Gasteiger partial charge in [-0.2, -0.15) is 0 Å². The third-order valence-electron chi connectivity index (χ3n) is 2.85. The summed E-state index contributed by atoms with van der Waals surface area (Å²) in [6, 6.07) is -0.227. The van der Waals surface area contributed by atoms with Crippen molar-refractivity contribution in [2.24, 2.45) is 13.0 Å². The fraction of sp³-hybridized carbons (Fsp3) is 0.692. The smallest absolute Gasteiger partial charge is 0.322 e. The second-order valence-electron chi connectivity index (χ2n) is 4.86. The van der Waals surface area contributed by atoms with Crippen molar-refractivity contribution in [3.8, 4) is 0 Å². The van der Waals surface area contributed by atoms with E-state index in [9.17, 15) is 4.79 Å². The zero-order valence-corrected chi connectivity index (χ0v) is 11.6. The van der Waals surface area contributed by atoms with Gasteiger partial charge in [-0.3, -0.25) is 4.79 Å². The van der Waals surface area contributed by atoms with E-state index in [4.69, 9.17) is 4.74 Å². The zero-order valence-electron chi connectivity index (χ0n) is 11.6. The fourth-order valence-corrected chi connectivity index (χ4v) is 1.87. The number of carbonyl (C=O) groups excluding carboxylic acids is 1. The van der Waals surface area contributed by atoms with Gasteiger partial charge in [0.1, 0.15) is 11.9 Å². The Morgan fingerprint density at radius 2 is 2.28 bits per heavy atom. The van der Waals surface area contributed by atoms with Gasteiger partial charge in [0.15, 0.2) is 0 Å². The predicted octanol–water partition coefficient (Wildman–Crippen LogP) is 1.14. The van der Waals surface area contributed by atoms with Crippen molar-refractivity contribution >= 4 is 5.97 Å². The molecule has 0 aromatic carbocycles. The topological polar surface area (TPSA) is 56.1 Å². The van der Waals surface area contributed by atoms with Crippen LogP contribution in [0.2, 0.25) is 0 Å². The molecule has 1 rings (SSSR count). The number of rotatable bonds is 7. The Labute approximate surface area is 109 Å². The summed E-state index contributed by atoms with van der Waals surface area (Å²) >= 11 is 0. The van der Waals surface area contributed by atoms with Gasteiger partial charge in [-0.05, 0) is 12.3 Å². The Balaban J connectivity index is 2.42. The third kappa shape index (κ3) is 4.49. The van der Waals surface area contributed by atoms with Crippen LogP contribution in [0.4, 0.5) is 0 Å². The normalized spacial score (nSPS) is 12.7. The van der Waals surface area contributed by atoms with Crippen LogP contribution in [-0.4, -0.2) is 35.2 Å². The molecule has 1 N–H and O–H groups in total. The maximum Gasteiger partial charge on any atom is 0.322 e. The van der Waals surface area contributed by atoms with Gasteiger partial charge < -0.3 is 14.6 Å². The van der Waals surface area contributed by atoms with Gasteiger partial charge in [0.05, 0.1) is 7.11 Å². The molecule has 0 bridgehead atoms. The molecule has 1 heterocycles. The second-order valence-corrected chi connectivity index (χ2v) is 4.86. The molecule has 102 valence electrons. The maximum absolute atomic E-state index is 11.6. The van der Waals surface area contributed by atoms with Crippen LogP contribution in [0.5, 0.6) is 0 Å². The van der Waals surface area contributed by atoms with E-state index >= 15 is 0 Å². The Morgan fingerprint density at radius 3 is 2.78 bits per heavy atom. The van der Waals surface area contributed by atoms with E-state index in [1.807, 2.05) is 17.8 Å². The van der Waals surface area contributed by atoms with Gasteiger partial charge in [0.25, 0.3) is 0 Å². The highest BCUT2D eigenvalue weighted by Gasteiger charge is 2.19. The number of nitrogens with zero attached hydrogens (tertiary/aromatic N) is 2. The van der Waals surface area contributed by atoms with E-state index in [1.165, 1.54) is 7.11 Å². The molecule has 1 atom stereocenters. The van der Waals surface area contributed by atoms with Crippen molar-refractivity contribution in [3.05, 3.63) is 18.2 Å². The van der Waals surface area contributed by atoms with E-state index in [0.29, 0.717) is 5.92 Å². The van der Waals surface area contributed by atoms with Crippen molar-refractivity contribution in [1.29, 1.82) is 0 Å². The molecule has 1 aromatic rings. The SMILES string of the molecule is COC(=O)C(CC(C)C)NCCc1nccn1C. The minimum absolute atomic E-state index is 0.191. The molecule has 0 aliphatic rings. The lowest BCUT2D eigenvalue weighted by Gasteiger charge is -2.18. The molecule has 0 saturated heterocycles. The monoisotopic (exact) mass is 253 g/mol. The van der Waals surface area contributed by atoms with Crippen molar-refractivity contribution < 1.29 is 9.53 Å². The average Bonchev–Trinajstić information content (AvgIpc) is 2.72. The molecule has 0 fully saturated rings. The van der Waals surface area contributed by atoms with Crippen molar-refractivity contribution in [1.82, 2.24) is 14.9 Å². The Bertz CT molecular complexity index is 374. The van der Waals surface area contributed by atoms with Crippen molar-refractivity contribution in [3.63, 3.8) is 0 Å². The second kappa shape index (κ2) is 7.16. The molecular formula is C13H23N3O2. The lowest BCUT2D eigenvalue weighted by molar-refractivity contribution is -0.143. The lowest BCUT2D eigenvalue weighted by atomic mass is 10.0. The summed E-state index contributed by atoms with van der Waals surface area (Å²) in [5, 5.41) is 3.24. The summed E-state index contributed by atoms with van der Waals surface area (Å²) < 4.78 is 6.79. The maximum atomic E-state index is 11.6. The van der Waals surface area contributed by atoms with E-state index in [1.54, 1.807) is 6.20 Å². The molecular weight excluding hydrogens is 230 g/mol. The highest BCUT2D eigenvalue weighted by Crippen LogP contribution is 2.06. The quantitative estimate of drug-likeness (QED) is 0.740. The van der Waals surface area contributed by atoms with Gasteiger partial charge in [-0.1, -0.05) is 13.8 Å². The minimum Gasteiger partial charge on any atom is -0.468 e. The van der Waals surface area contributed by atoms with Crippen LogP contribution in [-0.2, 0) is 23.0 Å². The molecule has 1 unspecified atom stereocenters. The summed E-state index contributed by atoms with van der Waals surface area (Å²) in [6.45, 7) is 4.91. The first-order valence-corrected chi connectivity index (χ1v) is 6.32. The number of imidazole rings is 1. The molecule has 0 amide bonds. The van der Waals surface area contributed by atoms with Gasteiger partial charge in [0.2, 0.25) is 0 Å². The van der Waals surface area contributed by atoms with Gasteiger partial charge >= 0.3 is 5.97 Å². The van der Waals surface area contributed by atoms with Gasteiger partial charge in [-0.15, -0.1) is 0 Å². The molecule has 18 heavy (non-hydrogen) atoms. The van der Waals surface area contributed by atoms with Crippen LogP contribution in [0.3, 0.4) is 0 Å². The average molecular weight is 253 g/mol. The molecule has 5 nitrogen and oxygen atoms in total. The van der Waals surface area contributed by atoms with Crippen LogP contribution in [0.25, 0.3) is 0 Å². The number of hydrogen-bond acceptors (Lipinski definition) is 4. The van der Waals surface area contributed by atoms with E-state index in [2.05, 4.69) is 24.1 Å². The third-order valence-corrected chi connectivity index (χ3v) is 2.85. The van der Waals surface area contributed by atoms with Crippen LogP contribution >= 0.6 is 0 Å². The van der Waals surface area contributed by atoms with Crippen LogP contribution in [0, 0.1) is 5.92 Å². The van der Waals surface area contributed by atoms with Gasteiger partial charge in [0, 0.05) is 32.4 Å². The fourth-order valence-electron chi connectivity index (χ4n) is 1.87. The molecule has 0 aliphatic heterocycles. The number of hydrogen-bond donors (Lipinski definition) is 1. The van der Waals surface area contributed by atoms with E-state index < -0.39 is 0 Å². The summed E-state index contributed by atoms with van der Waals surface area (Å²) in [5.74, 6) is 1.27. The predicted molar refractivity (Wildman–Crippen MR) is 70.2 cm³/mol. The number of carbonyl (C=O) groups is 1. The number of methoxy groups -OCH3 is 1. The molecule has 0 radical (unpaired) electrons. The Hall–Kier alpha value is -1.36. The first kappa shape index (κ1) is 14.7. The summed E-state index contributed by atoms with van der Waals surface area (Å²) in [5.41, 5.74) is 0. The number of ether oxygens (including phenoxy) is 1. The molecule has 0 aliphatic carbocycles. The molecule has 0 spiro atoms. The van der Waals surface area contributed by atoms with Crippen molar-refractivity contribution in [2.45, 2.75) is 32.7 Å². The molecule has 0 saturated carbocycles. The first-order chi connectivity index (χ1) is 8.54. The molecule has 1 aromatic heterocycles. The number of aryl methyl sites for hydroxylation is 1. The summed E-state index contributed by atoms with van der Waals surface area (Å²) in [4.78, 5) is 15.8. The van der Waals surface area contributed by atoms with E-state index in [0.717, 1.165) is 25.2 Å². The van der Waals surface area contributed by atoms with Crippen LogP contribution < -0.4 is 5.32 Å².